The Kier molecular flexibility index (Phi) is 8.04. The third-order valence-electron chi connectivity index (χ3n) is 5.89. The average Bonchev–Trinajstić information content (AvgIpc) is 3.66. The van der Waals surface area contributed by atoms with Crippen LogP contribution in [-0.4, -0.2) is 62.1 Å². The monoisotopic (exact) mass is 531 g/mol. The molecule has 1 fully saturated rings. The van der Waals surface area contributed by atoms with Gasteiger partial charge in [-0.05, 0) is 69.2 Å². The molecule has 0 saturated heterocycles. The molecular formula is C25H29N3O6S2. The van der Waals surface area contributed by atoms with Gasteiger partial charge in [0.25, 0.3) is 5.91 Å². The van der Waals surface area contributed by atoms with Crippen LogP contribution in [0.2, 0.25) is 0 Å². The van der Waals surface area contributed by atoms with Crippen LogP contribution in [0.3, 0.4) is 0 Å². The molecule has 2 aromatic carbocycles. The average molecular weight is 532 g/mol. The Morgan fingerprint density at radius 1 is 1.08 bits per heavy atom. The summed E-state index contributed by atoms with van der Waals surface area (Å²) in [6.07, 6.45) is 1.73. The number of hydrogen-bond acceptors (Lipinski definition) is 7. The highest BCUT2D eigenvalue weighted by molar-refractivity contribution is 7.89. The largest absolute Gasteiger partial charge is 0.462 e. The van der Waals surface area contributed by atoms with Crippen LogP contribution in [0.25, 0.3) is 10.2 Å². The lowest BCUT2D eigenvalue weighted by molar-refractivity contribution is 0.0526. The molecule has 0 atom stereocenters. The minimum absolute atomic E-state index is 0.0516. The van der Waals surface area contributed by atoms with Gasteiger partial charge in [0.1, 0.15) is 0 Å². The molecule has 0 bridgehead atoms. The summed E-state index contributed by atoms with van der Waals surface area (Å²) in [6.45, 7) is 5.41. The molecule has 3 aromatic rings. The molecule has 11 heteroatoms. The lowest BCUT2D eigenvalue weighted by Crippen LogP contribution is -2.28. The zero-order valence-electron chi connectivity index (χ0n) is 20.5. The first-order chi connectivity index (χ1) is 17.3. The van der Waals surface area contributed by atoms with Gasteiger partial charge in [0.15, 0.2) is 4.80 Å². The Labute approximate surface area is 214 Å². The third-order valence-corrected chi connectivity index (χ3v) is 8.86. The molecule has 0 unspecified atom stereocenters. The molecular weight excluding hydrogens is 502 g/mol. The number of hydrogen-bond donors (Lipinski definition) is 0. The predicted molar refractivity (Wildman–Crippen MR) is 137 cm³/mol. The van der Waals surface area contributed by atoms with Crippen molar-refractivity contribution in [2.75, 3.05) is 26.9 Å². The number of aromatic nitrogens is 1. The molecule has 1 heterocycles. The Hall–Kier alpha value is -2.86. The van der Waals surface area contributed by atoms with Crippen molar-refractivity contribution in [1.82, 2.24) is 8.87 Å². The van der Waals surface area contributed by atoms with E-state index >= 15 is 0 Å². The number of esters is 1. The lowest BCUT2D eigenvalue weighted by Gasteiger charge is -2.16. The number of sulfonamides is 1. The maximum Gasteiger partial charge on any atom is 0.338 e. The number of carbonyl (C=O) groups excluding carboxylic acids is 2. The summed E-state index contributed by atoms with van der Waals surface area (Å²) in [5, 5.41) is 0. The minimum atomic E-state index is -3.59. The molecule has 36 heavy (non-hydrogen) atoms. The fraction of sp³-hybridized carbons (Fsp3) is 0.400. The first-order valence-electron chi connectivity index (χ1n) is 11.8. The second-order valence-electron chi connectivity index (χ2n) is 8.33. The quantitative estimate of drug-likeness (QED) is 0.293. The van der Waals surface area contributed by atoms with Crippen molar-refractivity contribution in [3.8, 4) is 0 Å². The highest BCUT2D eigenvalue weighted by atomic mass is 32.2. The fourth-order valence-corrected chi connectivity index (χ4v) is 6.25. The highest BCUT2D eigenvalue weighted by Crippen LogP contribution is 2.30. The van der Waals surface area contributed by atoms with Gasteiger partial charge in [-0.2, -0.15) is 9.30 Å². The van der Waals surface area contributed by atoms with Gasteiger partial charge < -0.3 is 14.0 Å². The van der Waals surface area contributed by atoms with E-state index in [2.05, 4.69) is 4.99 Å². The van der Waals surface area contributed by atoms with E-state index in [1.54, 1.807) is 26.1 Å². The number of thiazole rings is 1. The van der Waals surface area contributed by atoms with Crippen molar-refractivity contribution in [2.24, 2.45) is 4.99 Å². The van der Waals surface area contributed by atoms with Crippen molar-refractivity contribution in [3.05, 3.63) is 58.4 Å². The summed E-state index contributed by atoms with van der Waals surface area (Å²) in [7, 11) is -2.01. The maximum atomic E-state index is 13.0. The first-order valence-corrected chi connectivity index (χ1v) is 14.1. The van der Waals surface area contributed by atoms with E-state index in [-0.39, 0.29) is 23.1 Å². The van der Waals surface area contributed by atoms with Gasteiger partial charge in [-0.3, -0.25) is 4.79 Å². The number of nitrogens with zero attached hydrogens (tertiary/aromatic N) is 3. The Morgan fingerprint density at radius 3 is 2.42 bits per heavy atom. The van der Waals surface area contributed by atoms with Crippen LogP contribution >= 0.6 is 11.3 Å². The van der Waals surface area contributed by atoms with Gasteiger partial charge in [0.2, 0.25) is 10.0 Å². The summed E-state index contributed by atoms with van der Waals surface area (Å²) >= 11 is 1.29. The van der Waals surface area contributed by atoms with E-state index in [0.29, 0.717) is 30.1 Å². The molecule has 1 amide bonds. The van der Waals surface area contributed by atoms with E-state index in [0.717, 1.165) is 23.1 Å². The van der Waals surface area contributed by atoms with Gasteiger partial charge in [0.05, 0.1) is 33.9 Å². The van der Waals surface area contributed by atoms with Gasteiger partial charge in [-0.25, -0.2) is 13.2 Å². The molecule has 1 aliphatic carbocycles. The van der Waals surface area contributed by atoms with Gasteiger partial charge >= 0.3 is 5.97 Å². The summed E-state index contributed by atoms with van der Waals surface area (Å²) in [4.78, 5) is 30.1. The molecule has 0 N–H and O–H groups in total. The van der Waals surface area contributed by atoms with E-state index in [1.807, 2.05) is 17.6 Å². The summed E-state index contributed by atoms with van der Waals surface area (Å²) in [5.41, 5.74) is 1.53. The van der Waals surface area contributed by atoms with Crippen LogP contribution in [0.5, 0.6) is 0 Å². The normalized spacial score (nSPS) is 14.5. The van der Waals surface area contributed by atoms with Crippen molar-refractivity contribution < 1.29 is 27.5 Å². The summed E-state index contributed by atoms with van der Waals surface area (Å²) < 4.78 is 40.1. The fourth-order valence-electron chi connectivity index (χ4n) is 3.74. The Balaban J connectivity index is 1.66. The van der Waals surface area contributed by atoms with Crippen LogP contribution in [0.4, 0.5) is 0 Å². The molecule has 1 aromatic heterocycles. The summed E-state index contributed by atoms with van der Waals surface area (Å²) in [5.74, 6) is -0.901. The zero-order valence-corrected chi connectivity index (χ0v) is 22.1. The van der Waals surface area contributed by atoms with E-state index in [1.165, 1.54) is 39.9 Å². The molecule has 4 rings (SSSR count). The standard InChI is InChI=1S/C25H29N3O6S2/c1-4-33-15-14-28-21-13-8-18(24(30)34-5-2)16-22(21)35-25(28)26-23(29)17-6-11-20(12-7-17)36(31,32)27(3)19-9-10-19/h6-8,11-13,16,19H,4-5,9-10,14-15H2,1-3H3. The SMILES string of the molecule is CCOCCn1c(=NC(=O)c2ccc(S(=O)(=O)N(C)C3CC3)cc2)sc2cc(C(=O)OCC)ccc21. The topological polar surface area (TPSA) is 107 Å². The smallest absolute Gasteiger partial charge is 0.338 e. The van der Waals surface area contributed by atoms with Crippen LogP contribution in [0.15, 0.2) is 52.4 Å². The molecule has 0 aliphatic heterocycles. The maximum absolute atomic E-state index is 13.0. The molecule has 192 valence electrons. The van der Waals surface area contributed by atoms with Crippen molar-refractivity contribution in [3.63, 3.8) is 0 Å². The van der Waals surface area contributed by atoms with Crippen molar-refractivity contribution in [1.29, 1.82) is 0 Å². The molecule has 1 aliphatic rings. The number of benzene rings is 2. The zero-order chi connectivity index (χ0) is 25.9. The number of carbonyl (C=O) groups is 2. The van der Waals surface area contributed by atoms with Crippen LogP contribution in [-0.2, 0) is 26.0 Å². The highest BCUT2D eigenvalue weighted by Gasteiger charge is 2.35. The van der Waals surface area contributed by atoms with E-state index < -0.39 is 21.9 Å². The minimum Gasteiger partial charge on any atom is -0.462 e. The third kappa shape index (κ3) is 5.59. The van der Waals surface area contributed by atoms with Crippen molar-refractivity contribution in [2.45, 2.75) is 44.2 Å². The van der Waals surface area contributed by atoms with Gasteiger partial charge in [-0.15, -0.1) is 0 Å². The van der Waals surface area contributed by atoms with Gasteiger partial charge in [-0.1, -0.05) is 11.3 Å². The van der Waals surface area contributed by atoms with Gasteiger partial charge in [0, 0.05) is 31.8 Å². The van der Waals surface area contributed by atoms with Crippen LogP contribution < -0.4 is 4.80 Å². The van der Waals surface area contributed by atoms with E-state index in [9.17, 15) is 18.0 Å². The number of fused-ring (bicyclic) bond motifs is 1. The Morgan fingerprint density at radius 2 is 1.78 bits per heavy atom. The summed E-state index contributed by atoms with van der Waals surface area (Å²) in [6, 6.07) is 11.1. The van der Waals surface area contributed by atoms with Crippen LogP contribution in [0.1, 0.15) is 47.4 Å². The number of ether oxygens (including phenoxy) is 2. The van der Waals surface area contributed by atoms with Crippen LogP contribution in [0, 0.1) is 0 Å². The van der Waals surface area contributed by atoms with E-state index in [4.69, 9.17) is 9.47 Å². The molecule has 0 radical (unpaired) electrons. The predicted octanol–water partition coefficient (Wildman–Crippen LogP) is 3.44. The Bertz CT molecular complexity index is 1440. The second kappa shape index (κ2) is 11.0. The number of amides is 1. The second-order valence-corrected chi connectivity index (χ2v) is 11.3. The molecule has 9 nitrogen and oxygen atoms in total. The molecule has 0 spiro atoms. The first kappa shape index (κ1) is 26.2. The lowest BCUT2D eigenvalue weighted by atomic mass is 10.2. The van der Waals surface area contributed by atoms with Crippen molar-refractivity contribution >= 4 is 43.5 Å². The molecule has 1 saturated carbocycles. The number of rotatable bonds is 10.